The second-order valence-corrected chi connectivity index (χ2v) is 8.66. The number of thiazole rings is 1. The van der Waals surface area contributed by atoms with Gasteiger partial charge in [-0.3, -0.25) is 0 Å². The van der Waals surface area contributed by atoms with Gasteiger partial charge in [0.15, 0.2) is 4.34 Å². The highest BCUT2D eigenvalue weighted by Gasteiger charge is 2.38. The Morgan fingerprint density at radius 1 is 1.17 bits per heavy atom. The second kappa shape index (κ2) is 6.06. The molecule has 124 valence electrons. The minimum absolute atomic E-state index is 0.0449. The predicted octanol–water partition coefficient (Wildman–Crippen LogP) is 4.87. The fraction of sp³-hybridized carbons (Fsp3) is 0.333. The number of thioether (sulfide) groups is 1. The fourth-order valence-electron chi connectivity index (χ4n) is 2.11. The first kappa shape index (κ1) is 16.7. The highest BCUT2D eigenvalue weighted by atomic mass is 32.2. The average Bonchev–Trinajstić information content (AvgIpc) is 3.17. The summed E-state index contributed by atoms with van der Waals surface area (Å²) in [6.07, 6.45) is 1.33. The molecule has 24 heavy (non-hydrogen) atoms. The number of nitrogens with zero attached hydrogens (tertiary/aromatic N) is 5. The van der Waals surface area contributed by atoms with Crippen LogP contribution >= 0.6 is 23.1 Å². The van der Waals surface area contributed by atoms with Gasteiger partial charge in [-0.1, -0.05) is 45.0 Å². The maximum Gasteiger partial charge on any atom is 0.347 e. The van der Waals surface area contributed by atoms with Gasteiger partial charge < -0.3 is 5.11 Å². The van der Waals surface area contributed by atoms with Gasteiger partial charge in [0, 0.05) is 5.56 Å². The molecule has 0 atom stereocenters. The molecule has 0 aliphatic carbocycles. The third-order valence-electron chi connectivity index (χ3n) is 3.45. The molecule has 1 aromatic heterocycles. The standard InChI is InChI=1S/C15H15N5O2S2/c1-14(2,3)9-4-6-10(7-5-9)15(17-19-20-18-15)24-13-16-8-11(23-13)12(21)22/h4-8H,1-3H3,(H,21,22). The smallest absolute Gasteiger partial charge is 0.347 e. The molecule has 0 bridgehead atoms. The van der Waals surface area contributed by atoms with Crippen molar-refractivity contribution in [2.75, 3.05) is 0 Å². The molecule has 1 aromatic carbocycles. The van der Waals surface area contributed by atoms with Crippen LogP contribution in [0.3, 0.4) is 0 Å². The molecule has 2 aromatic rings. The molecule has 0 amide bonds. The van der Waals surface area contributed by atoms with Crippen molar-refractivity contribution in [3.05, 3.63) is 46.5 Å². The predicted molar refractivity (Wildman–Crippen MR) is 91.5 cm³/mol. The molecule has 1 aliphatic heterocycles. The third kappa shape index (κ3) is 3.22. The Balaban J connectivity index is 1.92. The molecule has 3 rings (SSSR count). The lowest BCUT2D eigenvalue weighted by molar-refractivity contribution is 0.0702. The Morgan fingerprint density at radius 2 is 1.79 bits per heavy atom. The van der Waals surface area contributed by atoms with Gasteiger partial charge in [0.05, 0.1) is 6.20 Å². The van der Waals surface area contributed by atoms with E-state index in [1.54, 1.807) is 0 Å². The van der Waals surface area contributed by atoms with E-state index in [9.17, 15) is 4.79 Å². The van der Waals surface area contributed by atoms with E-state index in [1.165, 1.54) is 23.5 Å². The van der Waals surface area contributed by atoms with Gasteiger partial charge in [0.1, 0.15) is 4.88 Å². The van der Waals surface area contributed by atoms with Crippen molar-refractivity contribution in [1.82, 2.24) is 4.98 Å². The Bertz CT molecular complexity index is 809. The number of aromatic nitrogens is 1. The summed E-state index contributed by atoms with van der Waals surface area (Å²) in [6, 6.07) is 7.96. The van der Waals surface area contributed by atoms with Gasteiger partial charge >= 0.3 is 5.97 Å². The summed E-state index contributed by atoms with van der Waals surface area (Å²) < 4.78 is 0.548. The molecular formula is C15H15N5O2S2. The summed E-state index contributed by atoms with van der Waals surface area (Å²) in [5.74, 6) is -1.00. The van der Waals surface area contributed by atoms with E-state index in [-0.39, 0.29) is 10.3 Å². The summed E-state index contributed by atoms with van der Waals surface area (Å²) >= 11 is 2.30. The van der Waals surface area contributed by atoms with Gasteiger partial charge in [-0.15, -0.1) is 21.6 Å². The minimum atomic E-state index is -1.05. The molecule has 0 fully saturated rings. The van der Waals surface area contributed by atoms with Gasteiger partial charge in [-0.2, -0.15) is 0 Å². The average molecular weight is 361 g/mol. The van der Waals surface area contributed by atoms with Crippen molar-refractivity contribution in [3.8, 4) is 0 Å². The van der Waals surface area contributed by atoms with E-state index in [0.717, 1.165) is 16.9 Å². The zero-order valence-corrected chi connectivity index (χ0v) is 14.9. The van der Waals surface area contributed by atoms with Gasteiger partial charge in [-0.25, -0.2) is 9.78 Å². The van der Waals surface area contributed by atoms with Crippen LogP contribution in [0.4, 0.5) is 0 Å². The number of carboxylic acid groups (broad SMARTS) is 1. The van der Waals surface area contributed by atoms with Crippen LogP contribution in [-0.4, -0.2) is 16.1 Å². The number of carboxylic acids is 1. The zero-order valence-electron chi connectivity index (χ0n) is 13.3. The molecule has 0 saturated heterocycles. The lowest BCUT2D eigenvalue weighted by Crippen LogP contribution is -2.15. The molecule has 0 spiro atoms. The number of hydrogen-bond acceptors (Lipinski definition) is 8. The van der Waals surface area contributed by atoms with Gasteiger partial charge in [-0.05, 0) is 33.2 Å². The number of rotatable bonds is 4. The molecule has 7 nitrogen and oxygen atoms in total. The summed E-state index contributed by atoms with van der Waals surface area (Å²) in [4.78, 5) is 14.3. The highest BCUT2D eigenvalue weighted by Crippen LogP contribution is 2.48. The Kier molecular flexibility index (Phi) is 4.22. The fourth-order valence-corrected chi connectivity index (χ4v) is 4.14. The molecule has 9 heteroatoms. The van der Waals surface area contributed by atoms with Gasteiger partial charge in [0.25, 0.3) is 4.99 Å². The van der Waals surface area contributed by atoms with Crippen molar-refractivity contribution in [2.24, 2.45) is 20.7 Å². The molecule has 0 unspecified atom stereocenters. The van der Waals surface area contributed by atoms with Crippen LogP contribution in [0.5, 0.6) is 0 Å². The highest BCUT2D eigenvalue weighted by molar-refractivity contribution is 8.01. The van der Waals surface area contributed by atoms with Crippen LogP contribution in [0.2, 0.25) is 0 Å². The van der Waals surface area contributed by atoms with Crippen molar-refractivity contribution >= 4 is 29.1 Å². The van der Waals surface area contributed by atoms with E-state index in [1.807, 2.05) is 24.3 Å². The number of aromatic carboxylic acids is 1. The first-order chi connectivity index (χ1) is 11.3. The number of hydrogen-bond donors (Lipinski definition) is 1. The third-order valence-corrected chi connectivity index (χ3v) is 5.70. The van der Waals surface area contributed by atoms with Crippen LogP contribution in [0.25, 0.3) is 0 Å². The second-order valence-electron chi connectivity index (χ2n) is 6.21. The molecule has 2 heterocycles. The topological polar surface area (TPSA) is 99.6 Å². The summed E-state index contributed by atoms with van der Waals surface area (Å²) in [6.45, 7) is 6.43. The normalized spacial score (nSPS) is 15.8. The monoisotopic (exact) mass is 361 g/mol. The largest absolute Gasteiger partial charge is 0.477 e. The summed E-state index contributed by atoms with van der Waals surface area (Å²) in [7, 11) is 0. The molecular weight excluding hydrogens is 346 g/mol. The van der Waals surface area contributed by atoms with E-state index >= 15 is 0 Å². The van der Waals surface area contributed by atoms with Crippen molar-refractivity contribution in [2.45, 2.75) is 35.5 Å². The van der Waals surface area contributed by atoms with E-state index in [4.69, 9.17) is 5.11 Å². The Hall–Kier alpha value is -2.13. The summed E-state index contributed by atoms with van der Waals surface area (Å²) in [5, 5.41) is 24.6. The van der Waals surface area contributed by atoms with E-state index in [0.29, 0.717) is 4.34 Å². The summed E-state index contributed by atoms with van der Waals surface area (Å²) in [5.41, 5.74) is 2.06. The SMILES string of the molecule is CC(C)(C)c1ccc(C2(Sc3ncc(C(=O)O)s3)N=NN=N2)cc1. The molecule has 0 radical (unpaired) electrons. The van der Waals surface area contributed by atoms with Crippen LogP contribution in [0, 0.1) is 0 Å². The van der Waals surface area contributed by atoms with Crippen LogP contribution in [0.1, 0.15) is 41.6 Å². The van der Waals surface area contributed by atoms with E-state index in [2.05, 4.69) is 46.4 Å². The molecule has 0 saturated carbocycles. The maximum absolute atomic E-state index is 11.0. The van der Waals surface area contributed by atoms with Crippen LogP contribution in [-0.2, 0) is 10.4 Å². The Morgan fingerprint density at radius 3 is 2.29 bits per heavy atom. The number of benzene rings is 1. The first-order valence-electron chi connectivity index (χ1n) is 7.13. The van der Waals surface area contributed by atoms with Crippen LogP contribution in [0.15, 0.2) is 55.5 Å². The lowest BCUT2D eigenvalue weighted by Gasteiger charge is -2.22. The zero-order chi connectivity index (χ0) is 17.4. The minimum Gasteiger partial charge on any atom is -0.477 e. The molecule has 1 aliphatic rings. The Labute approximate surface area is 146 Å². The first-order valence-corrected chi connectivity index (χ1v) is 8.77. The quantitative estimate of drug-likeness (QED) is 0.839. The van der Waals surface area contributed by atoms with Crippen molar-refractivity contribution < 1.29 is 9.90 Å². The lowest BCUT2D eigenvalue weighted by atomic mass is 9.86. The van der Waals surface area contributed by atoms with Crippen molar-refractivity contribution in [3.63, 3.8) is 0 Å². The van der Waals surface area contributed by atoms with Crippen molar-refractivity contribution in [1.29, 1.82) is 0 Å². The van der Waals surface area contributed by atoms with Gasteiger partial charge in [0.2, 0.25) is 0 Å². The van der Waals surface area contributed by atoms with Crippen LogP contribution < -0.4 is 0 Å². The molecule has 1 N–H and O–H groups in total. The van der Waals surface area contributed by atoms with E-state index < -0.39 is 11.0 Å². The maximum atomic E-state index is 11.0. The number of carbonyl (C=O) groups is 1.